The van der Waals surface area contributed by atoms with E-state index in [1.165, 1.54) is 30.3 Å². The standard InChI is InChI=1S/C18H12FNO4/c19-13-7-3-5-12(11-13)6-4-10-16(21)24-20-17(22)14-8-1-2-9-15(14)18(20)23/h1-9,11H,10H2/b6-4+. The van der Waals surface area contributed by atoms with E-state index < -0.39 is 17.8 Å². The molecule has 0 unspecified atom stereocenters. The fraction of sp³-hybridized carbons (Fsp3) is 0.0556. The average Bonchev–Trinajstić information content (AvgIpc) is 2.80. The maximum atomic E-state index is 13.0. The lowest BCUT2D eigenvalue weighted by Gasteiger charge is -2.11. The molecule has 0 saturated heterocycles. The van der Waals surface area contributed by atoms with E-state index in [0.717, 1.165) is 0 Å². The zero-order valence-electron chi connectivity index (χ0n) is 12.4. The number of hydroxylamine groups is 2. The van der Waals surface area contributed by atoms with Crippen molar-refractivity contribution in [3.8, 4) is 0 Å². The summed E-state index contributed by atoms with van der Waals surface area (Å²) in [6.45, 7) is 0. The van der Waals surface area contributed by atoms with Gasteiger partial charge in [0.25, 0.3) is 11.8 Å². The predicted octanol–water partition coefficient (Wildman–Crippen LogP) is 2.98. The molecule has 6 heteroatoms. The number of nitrogens with zero attached hydrogens (tertiary/aromatic N) is 1. The Morgan fingerprint density at radius 1 is 1.04 bits per heavy atom. The van der Waals surface area contributed by atoms with Crippen molar-refractivity contribution in [1.82, 2.24) is 5.06 Å². The molecular weight excluding hydrogens is 313 g/mol. The van der Waals surface area contributed by atoms with E-state index in [2.05, 4.69) is 0 Å². The molecule has 1 aliphatic rings. The zero-order valence-corrected chi connectivity index (χ0v) is 12.4. The molecule has 0 aliphatic carbocycles. The smallest absolute Gasteiger partial charge is 0.329 e. The molecule has 0 saturated carbocycles. The molecule has 0 spiro atoms. The molecule has 3 rings (SSSR count). The van der Waals surface area contributed by atoms with Crippen LogP contribution in [0.4, 0.5) is 4.39 Å². The predicted molar refractivity (Wildman–Crippen MR) is 83.1 cm³/mol. The van der Waals surface area contributed by atoms with Crippen molar-refractivity contribution in [1.29, 1.82) is 0 Å². The van der Waals surface area contributed by atoms with Crippen LogP contribution in [0.5, 0.6) is 0 Å². The Balaban J connectivity index is 1.62. The average molecular weight is 325 g/mol. The van der Waals surface area contributed by atoms with Crippen molar-refractivity contribution < 1.29 is 23.6 Å². The lowest BCUT2D eigenvalue weighted by atomic mass is 10.1. The van der Waals surface area contributed by atoms with Crippen LogP contribution >= 0.6 is 0 Å². The Morgan fingerprint density at radius 3 is 2.33 bits per heavy atom. The molecule has 0 aromatic heterocycles. The minimum Gasteiger partial charge on any atom is -0.329 e. The van der Waals surface area contributed by atoms with E-state index in [4.69, 9.17) is 4.84 Å². The van der Waals surface area contributed by atoms with Gasteiger partial charge >= 0.3 is 5.97 Å². The molecule has 0 radical (unpaired) electrons. The summed E-state index contributed by atoms with van der Waals surface area (Å²) in [5, 5.41) is 0.461. The Kier molecular flexibility index (Phi) is 4.20. The second-order valence-corrected chi connectivity index (χ2v) is 5.08. The number of halogens is 1. The van der Waals surface area contributed by atoms with Gasteiger partial charge < -0.3 is 4.84 Å². The number of hydrogen-bond acceptors (Lipinski definition) is 4. The highest BCUT2D eigenvalue weighted by atomic mass is 19.1. The van der Waals surface area contributed by atoms with Crippen LogP contribution in [0.1, 0.15) is 32.7 Å². The maximum Gasteiger partial charge on any atom is 0.336 e. The Bertz CT molecular complexity index is 825. The summed E-state index contributed by atoms with van der Waals surface area (Å²) in [5.41, 5.74) is 0.986. The van der Waals surface area contributed by atoms with E-state index in [0.29, 0.717) is 10.6 Å². The molecule has 1 heterocycles. The highest BCUT2D eigenvalue weighted by Crippen LogP contribution is 2.22. The quantitative estimate of drug-likeness (QED) is 0.811. The molecule has 2 amide bonds. The third-order valence-corrected chi connectivity index (χ3v) is 3.39. The van der Waals surface area contributed by atoms with Crippen LogP contribution in [0.15, 0.2) is 54.6 Å². The molecule has 2 aromatic rings. The van der Waals surface area contributed by atoms with Gasteiger partial charge in [-0.15, -0.1) is 0 Å². The minimum atomic E-state index is -0.767. The Morgan fingerprint density at radius 2 is 1.71 bits per heavy atom. The molecular formula is C18H12FNO4. The van der Waals surface area contributed by atoms with Crippen LogP contribution in [-0.4, -0.2) is 22.8 Å². The molecule has 24 heavy (non-hydrogen) atoms. The van der Waals surface area contributed by atoms with Gasteiger partial charge in [0, 0.05) is 0 Å². The van der Waals surface area contributed by atoms with Gasteiger partial charge in [0.1, 0.15) is 5.82 Å². The summed E-state index contributed by atoms with van der Waals surface area (Å²) in [7, 11) is 0. The van der Waals surface area contributed by atoms with Crippen LogP contribution < -0.4 is 0 Å². The summed E-state index contributed by atoms with van der Waals surface area (Å²) in [6, 6.07) is 12.1. The van der Waals surface area contributed by atoms with Crippen LogP contribution in [0.3, 0.4) is 0 Å². The van der Waals surface area contributed by atoms with Crippen LogP contribution in [0.25, 0.3) is 6.08 Å². The third-order valence-electron chi connectivity index (χ3n) is 3.39. The number of hydrogen-bond donors (Lipinski definition) is 0. The normalized spacial score (nSPS) is 13.5. The van der Waals surface area contributed by atoms with Gasteiger partial charge in [-0.25, -0.2) is 9.18 Å². The molecule has 0 fully saturated rings. The SMILES string of the molecule is O=C(C/C=C/c1cccc(F)c1)ON1C(=O)c2ccccc2C1=O. The molecule has 0 bridgehead atoms. The summed E-state index contributed by atoms with van der Waals surface area (Å²) in [6.07, 6.45) is 2.85. The maximum absolute atomic E-state index is 13.0. The van der Waals surface area contributed by atoms with Crippen LogP contribution in [-0.2, 0) is 9.63 Å². The first kappa shape index (κ1) is 15.6. The Labute approximate surface area is 136 Å². The van der Waals surface area contributed by atoms with E-state index in [1.807, 2.05) is 0 Å². The molecule has 2 aromatic carbocycles. The Hall–Kier alpha value is -3.28. The van der Waals surface area contributed by atoms with Gasteiger partial charge in [-0.1, -0.05) is 41.5 Å². The monoisotopic (exact) mass is 325 g/mol. The summed E-state index contributed by atoms with van der Waals surface area (Å²) < 4.78 is 13.0. The second-order valence-electron chi connectivity index (χ2n) is 5.08. The highest BCUT2D eigenvalue weighted by Gasteiger charge is 2.38. The second kappa shape index (κ2) is 6.45. The van der Waals surface area contributed by atoms with Gasteiger partial charge in [-0.3, -0.25) is 9.59 Å². The molecule has 0 N–H and O–H groups in total. The van der Waals surface area contributed by atoms with Gasteiger partial charge in [0.05, 0.1) is 17.5 Å². The summed E-state index contributed by atoms with van der Waals surface area (Å²) >= 11 is 0. The van der Waals surface area contributed by atoms with Crippen LogP contribution in [0.2, 0.25) is 0 Å². The van der Waals surface area contributed by atoms with Crippen molar-refractivity contribution in [3.63, 3.8) is 0 Å². The van der Waals surface area contributed by atoms with Crippen molar-refractivity contribution in [2.24, 2.45) is 0 Å². The first-order chi connectivity index (χ1) is 11.6. The molecule has 120 valence electrons. The largest absolute Gasteiger partial charge is 0.336 e. The van der Waals surface area contributed by atoms with E-state index in [1.54, 1.807) is 30.3 Å². The topological polar surface area (TPSA) is 63.7 Å². The van der Waals surface area contributed by atoms with Crippen molar-refractivity contribution in [2.45, 2.75) is 6.42 Å². The number of imide groups is 1. The fourth-order valence-electron chi connectivity index (χ4n) is 2.29. The molecule has 0 atom stereocenters. The van der Waals surface area contributed by atoms with Gasteiger partial charge in [0.2, 0.25) is 0 Å². The van der Waals surface area contributed by atoms with Crippen molar-refractivity contribution >= 4 is 23.9 Å². The van der Waals surface area contributed by atoms with E-state index >= 15 is 0 Å². The fourth-order valence-corrected chi connectivity index (χ4v) is 2.29. The van der Waals surface area contributed by atoms with Crippen LogP contribution in [0, 0.1) is 5.82 Å². The van der Waals surface area contributed by atoms with Gasteiger partial charge in [0.15, 0.2) is 0 Å². The third kappa shape index (κ3) is 3.08. The minimum absolute atomic E-state index is 0.163. The first-order valence-electron chi connectivity index (χ1n) is 7.17. The lowest BCUT2D eigenvalue weighted by molar-refractivity contribution is -0.167. The first-order valence-corrected chi connectivity index (χ1v) is 7.17. The molecule has 5 nitrogen and oxygen atoms in total. The van der Waals surface area contributed by atoms with Gasteiger partial charge in [-0.2, -0.15) is 0 Å². The van der Waals surface area contributed by atoms with E-state index in [9.17, 15) is 18.8 Å². The number of benzene rings is 2. The lowest BCUT2D eigenvalue weighted by Crippen LogP contribution is -2.32. The number of rotatable bonds is 4. The summed E-state index contributed by atoms with van der Waals surface area (Å²) in [5.74, 6) is -2.49. The number of carbonyl (C=O) groups is 3. The van der Waals surface area contributed by atoms with Crippen molar-refractivity contribution in [3.05, 3.63) is 77.1 Å². The van der Waals surface area contributed by atoms with E-state index in [-0.39, 0.29) is 23.4 Å². The number of amides is 2. The molecule has 1 aliphatic heterocycles. The summed E-state index contributed by atoms with van der Waals surface area (Å²) in [4.78, 5) is 40.7. The van der Waals surface area contributed by atoms with Gasteiger partial charge in [-0.05, 0) is 29.8 Å². The number of fused-ring (bicyclic) bond motifs is 1. The zero-order chi connectivity index (χ0) is 17.1. The highest BCUT2D eigenvalue weighted by molar-refractivity contribution is 6.20. The van der Waals surface area contributed by atoms with Crippen molar-refractivity contribution in [2.75, 3.05) is 0 Å². The number of carbonyl (C=O) groups excluding carboxylic acids is 3.